The van der Waals surface area contributed by atoms with Crippen molar-refractivity contribution in [2.24, 2.45) is 0 Å². The second-order valence-corrected chi connectivity index (χ2v) is 4.19. The summed E-state index contributed by atoms with van der Waals surface area (Å²) < 4.78 is 28.7. The van der Waals surface area contributed by atoms with Crippen molar-refractivity contribution in [1.29, 1.82) is 0 Å². The number of nitrogen functional groups attached to an aromatic ring is 1. The van der Waals surface area contributed by atoms with E-state index < -0.39 is 11.6 Å². The van der Waals surface area contributed by atoms with Gasteiger partial charge in [0.05, 0.1) is 23.9 Å². The van der Waals surface area contributed by atoms with E-state index in [1.54, 1.807) is 24.5 Å². The maximum atomic E-state index is 13.9. The molecule has 0 aliphatic heterocycles. The van der Waals surface area contributed by atoms with Crippen molar-refractivity contribution in [3.05, 3.63) is 60.7 Å². The second kappa shape index (κ2) is 4.73. The summed E-state index contributed by atoms with van der Waals surface area (Å²) >= 11 is 0. The van der Waals surface area contributed by atoms with E-state index in [4.69, 9.17) is 5.73 Å². The van der Waals surface area contributed by atoms with Gasteiger partial charge in [-0.3, -0.25) is 4.57 Å². The zero-order valence-electron chi connectivity index (χ0n) is 10.3. The lowest BCUT2D eigenvalue weighted by Gasteiger charge is -2.09. The Kier molecular flexibility index (Phi) is 2.90. The first-order valence-corrected chi connectivity index (χ1v) is 5.85. The van der Waals surface area contributed by atoms with E-state index in [-0.39, 0.29) is 5.69 Å². The number of benzene rings is 1. The fourth-order valence-corrected chi connectivity index (χ4v) is 1.99. The quantitative estimate of drug-likeness (QED) is 0.780. The molecule has 2 N–H and O–H groups in total. The molecule has 3 rings (SSSR count). The molecule has 1 aromatic carbocycles. The van der Waals surface area contributed by atoms with Crippen LogP contribution in [0.1, 0.15) is 0 Å². The maximum absolute atomic E-state index is 13.9. The van der Waals surface area contributed by atoms with Crippen LogP contribution in [0.15, 0.2) is 49.1 Å². The minimum atomic E-state index is -0.922. The van der Waals surface area contributed by atoms with Crippen molar-refractivity contribution < 1.29 is 8.78 Å². The lowest BCUT2D eigenvalue weighted by molar-refractivity contribution is 0.504. The number of nitrogens with zero attached hydrogens (tertiary/aromatic N) is 3. The lowest BCUT2D eigenvalue weighted by atomic mass is 10.2. The highest BCUT2D eigenvalue weighted by Crippen LogP contribution is 2.25. The Labute approximate surface area is 113 Å². The number of hydrogen-bond donors (Lipinski definition) is 1. The zero-order valence-corrected chi connectivity index (χ0v) is 10.3. The minimum absolute atomic E-state index is 0.0906. The van der Waals surface area contributed by atoms with Gasteiger partial charge in [0.15, 0.2) is 11.6 Å². The fraction of sp³-hybridized carbons (Fsp3) is 0. The van der Waals surface area contributed by atoms with Crippen LogP contribution >= 0.6 is 0 Å². The molecular weight excluding hydrogens is 262 g/mol. The molecule has 0 atom stereocenters. The molecule has 0 saturated carbocycles. The molecule has 2 heterocycles. The first kappa shape index (κ1) is 12.3. The van der Waals surface area contributed by atoms with E-state index in [1.165, 1.54) is 23.0 Å². The van der Waals surface area contributed by atoms with E-state index in [2.05, 4.69) is 9.97 Å². The minimum Gasteiger partial charge on any atom is -0.384 e. The summed E-state index contributed by atoms with van der Waals surface area (Å²) in [4.78, 5) is 7.89. The lowest BCUT2D eigenvalue weighted by Crippen LogP contribution is -2.01. The monoisotopic (exact) mass is 272 g/mol. The molecule has 6 heteroatoms. The summed E-state index contributed by atoms with van der Waals surface area (Å²) in [5.41, 5.74) is 7.04. The Bertz CT molecular complexity index is 767. The van der Waals surface area contributed by atoms with E-state index in [0.717, 1.165) is 11.6 Å². The molecule has 4 nitrogen and oxygen atoms in total. The number of imidazole rings is 1. The first-order chi connectivity index (χ1) is 9.66. The molecule has 2 aromatic heterocycles. The molecule has 0 fully saturated rings. The highest BCUT2D eigenvalue weighted by molar-refractivity contribution is 5.64. The van der Waals surface area contributed by atoms with Crippen LogP contribution in [0.4, 0.5) is 14.6 Å². The molecule has 0 spiro atoms. The molecule has 0 bridgehead atoms. The second-order valence-electron chi connectivity index (χ2n) is 4.19. The molecule has 0 amide bonds. The summed E-state index contributed by atoms with van der Waals surface area (Å²) in [7, 11) is 0. The Morgan fingerprint density at radius 3 is 2.80 bits per heavy atom. The van der Waals surface area contributed by atoms with Gasteiger partial charge in [0.25, 0.3) is 0 Å². The zero-order chi connectivity index (χ0) is 14.1. The molecule has 20 heavy (non-hydrogen) atoms. The van der Waals surface area contributed by atoms with Gasteiger partial charge < -0.3 is 5.73 Å². The van der Waals surface area contributed by atoms with Gasteiger partial charge in [-0.25, -0.2) is 18.7 Å². The van der Waals surface area contributed by atoms with E-state index >= 15 is 0 Å². The number of hydrogen-bond acceptors (Lipinski definition) is 3. The van der Waals surface area contributed by atoms with Crippen LogP contribution in [-0.2, 0) is 0 Å². The summed E-state index contributed by atoms with van der Waals surface area (Å²) in [5.74, 6) is -1.49. The van der Waals surface area contributed by atoms with Gasteiger partial charge in [-0.1, -0.05) is 6.07 Å². The van der Waals surface area contributed by atoms with E-state index in [0.29, 0.717) is 11.5 Å². The van der Waals surface area contributed by atoms with E-state index in [9.17, 15) is 8.78 Å². The molecule has 100 valence electrons. The average Bonchev–Trinajstić information content (AvgIpc) is 2.91. The molecule has 0 aliphatic rings. The fourth-order valence-electron chi connectivity index (χ4n) is 1.99. The third-order valence-corrected chi connectivity index (χ3v) is 2.91. The van der Waals surface area contributed by atoms with Crippen LogP contribution in [0.25, 0.3) is 16.9 Å². The molecule has 0 radical (unpaired) electrons. The van der Waals surface area contributed by atoms with Crippen molar-refractivity contribution >= 4 is 5.82 Å². The number of nitrogens with two attached hydrogens (primary N) is 1. The van der Waals surface area contributed by atoms with Crippen molar-refractivity contribution in [2.45, 2.75) is 0 Å². The van der Waals surface area contributed by atoms with Crippen LogP contribution in [0, 0.1) is 11.6 Å². The van der Waals surface area contributed by atoms with Gasteiger partial charge in [-0.15, -0.1) is 0 Å². The van der Waals surface area contributed by atoms with Gasteiger partial charge in [-0.2, -0.15) is 0 Å². The van der Waals surface area contributed by atoms with Crippen LogP contribution in [-0.4, -0.2) is 14.5 Å². The Balaban J connectivity index is 2.18. The Morgan fingerprint density at radius 1 is 1.15 bits per heavy atom. The normalized spacial score (nSPS) is 10.7. The first-order valence-electron chi connectivity index (χ1n) is 5.85. The number of pyridine rings is 1. The van der Waals surface area contributed by atoms with Gasteiger partial charge in [-0.05, 0) is 24.3 Å². The third-order valence-electron chi connectivity index (χ3n) is 2.91. The average molecular weight is 272 g/mol. The number of aromatic nitrogens is 3. The predicted molar refractivity (Wildman–Crippen MR) is 71.1 cm³/mol. The van der Waals surface area contributed by atoms with Gasteiger partial charge in [0, 0.05) is 11.8 Å². The van der Waals surface area contributed by atoms with Gasteiger partial charge in [0.1, 0.15) is 5.82 Å². The molecule has 0 saturated heterocycles. The SMILES string of the molecule is Nc1cc(-c2cncn2-c2cccc(F)c2F)ccn1. The standard InChI is InChI=1S/C14H10F2N4/c15-10-2-1-3-11(14(10)16)20-8-18-7-12(20)9-4-5-19-13(17)6-9/h1-8H,(H2,17,19). The summed E-state index contributed by atoms with van der Waals surface area (Å²) in [5, 5.41) is 0. The molecule has 0 aliphatic carbocycles. The predicted octanol–water partition coefficient (Wildman–Crippen LogP) is 2.79. The Morgan fingerprint density at radius 2 is 2.00 bits per heavy atom. The van der Waals surface area contributed by atoms with Crippen molar-refractivity contribution in [2.75, 3.05) is 5.73 Å². The van der Waals surface area contributed by atoms with Crippen molar-refractivity contribution in [3.63, 3.8) is 0 Å². The van der Waals surface area contributed by atoms with Crippen LogP contribution < -0.4 is 5.73 Å². The van der Waals surface area contributed by atoms with Crippen LogP contribution in [0.5, 0.6) is 0 Å². The number of anilines is 1. The highest BCUT2D eigenvalue weighted by Gasteiger charge is 2.13. The number of rotatable bonds is 2. The van der Waals surface area contributed by atoms with Gasteiger partial charge >= 0.3 is 0 Å². The van der Waals surface area contributed by atoms with Crippen molar-refractivity contribution in [3.8, 4) is 16.9 Å². The van der Waals surface area contributed by atoms with Gasteiger partial charge in [0.2, 0.25) is 0 Å². The Hall–Kier alpha value is -2.76. The van der Waals surface area contributed by atoms with Crippen LogP contribution in [0.2, 0.25) is 0 Å². The maximum Gasteiger partial charge on any atom is 0.182 e. The third kappa shape index (κ3) is 2.01. The highest BCUT2D eigenvalue weighted by atomic mass is 19.2. The van der Waals surface area contributed by atoms with Crippen molar-refractivity contribution in [1.82, 2.24) is 14.5 Å². The summed E-state index contributed by atoms with van der Waals surface area (Å²) in [6.45, 7) is 0. The topological polar surface area (TPSA) is 56.7 Å². The number of halogens is 2. The van der Waals surface area contributed by atoms with E-state index in [1.807, 2.05) is 0 Å². The summed E-state index contributed by atoms with van der Waals surface area (Å²) in [6.07, 6.45) is 4.52. The smallest absolute Gasteiger partial charge is 0.182 e. The molecular formula is C14H10F2N4. The summed E-state index contributed by atoms with van der Waals surface area (Å²) in [6, 6.07) is 7.36. The molecule has 0 unspecified atom stereocenters. The largest absolute Gasteiger partial charge is 0.384 e. The molecule has 3 aromatic rings. The van der Waals surface area contributed by atoms with Crippen LogP contribution in [0.3, 0.4) is 0 Å².